The number of alkyl carbamates (subject to hydrolysis) is 1. The molecule has 0 aliphatic heterocycles. The summed E-state index contributed by atoms with van der Waals surface area (Å²) in [7, 11) is 1.27. The molecule has 174 valence electrons. The van der Waals surface area contributed by atoms with Crippen molar-refractivity contribution >= 4 is 34.0 Å². The molecule has 0 spiro atoms. The van der Waals surface area contributed by atoms with E-state index in [1.54, 1.807) is 31.2 Å². The van der Waals surface area contributed by atoms with Crippen LogP contribution in [0, 0.1) is 11.6 Å². The van der Waals surface area contributed by atoms with Gasteiger partial charge in [-0.15, -0.1) is 11.3 Å². The van der Waals surface area contributed by atoms with E-state index in [4.69, 9.17) is 5.73 Å². The zero-order valence-electron chi connectivity index (χ0n) is 17.9. The number of methoxy groups -OCH3 is 1. The van der Waals surface area contributed by atoms with Gasteiger partial charge in [0, 0.05) is 29.6 Å². The Morgan fingerprint density at radius 1 is 1.15 bits per heavy atom. The number of hydrogen-bond acceptors (Lipinski definition) is 6. The van der Waals surface area contributed by atoms with Crippen molar-refractivity contribution in [2.45, 2.75) is 19.4 Å². The van der Waals surface area contributed by atoms with E-state index >= 15 is 0 Å². The van der Waals surface area contributed by atoms with Gasteiger partial charge in [-0.05, 0) is 41.5 Å². The van der Waals surface area contributed by atoms with Crippen molar-refractivity contribution < 1.29 is 28.2 Å². The van der Waals surface area contributed by atoms with Crippen molar-refractivity contribution in [2.24, 2.45) is 5.73 Å². The highest BCUT2D eigenvalue weighted by Gasteiger charge is 2.21. The second kappa shape index (κ2) is 10.4. The van der Waals surface area contributed by atoms with Gasteiger partial charge in [0.05, 0.1) is 18.2 Å². The second-order valence-corrected chi connectivity index (χ2v) is 8.38. The van der Waals surface area contributed by atoms with E-state index in [-0.39, 0.29) is 29.2 Å². The third kappa shape index (κ3) is 5.65. The molecule has 2 amide bonds. The second-order valence-electron chi connectivity index (χ2n) is 7.33. The fourth-order valence-electron chi connectivity index (χ4n) is 3.09. The van der Waals surface area contributed by atoms with E-state index < -0.39 is 29.6 Å². The number of thiophene rings is 1. The van der Waals surface area contributed by atoms with Crippen LogP contribution in [0.5, 0.6) is 0 Å². The lowest BCUT2D eigenvalue weighted by Gasteiger charge is -2.11. The van der Waals surface area contributed by atoms with Crippen molar-refractivity contribution in [1.82, 2.24) is 5.32 Å². The van der Waals surface area contributed by atoms with Gasteiger partial charge in [0.25, 0.3) is 5.91 Å². The third-order valence-corrected chi connectivity index (χ3v) is 6.05. The van der Waals surface area contributed by atoms with E-state index in [9.17, 15) is 23.5 Å². The van der Waals surface area contributed by atoms with Crippen LogP contribution in [-0.2, 0) is 11.3 Å². The minimum atomic E-state index is -0.795. The van der Waals surface area contributed by atoms with Crippen LogP contribution < -0.4 is 16.4 Å². The standard InChI is InChI=1S/C23H23F2N3O4S/c1-12(11-29)14-7-17(24)20(18(25)8-14)19-9-16(21(26)30)22(33-19)28-15-5-3-13(4-6-15)10-27-23(31)32-2/h3-9,12,28-29H,10-11H2,1-2H3,(H2,26,30)(H,27,31). The Hall–Kier alpha value is -3.50. The highest BCUT2D eigenvalue weighted by atomic mass is 32.1. The summed E-state index contributed by atoms with van der Waals surface area (Å²) < 4.78 is 34.1. The van der Waals surface area contributed by atoms with Gasteiger partial charge in [-0.2, -0.15) is 0 Å². The largest absolute Gasteiger partial charge is 0.453 e. The number of carbonyl (C=O) groups is 2. The lowest BCUT2D eigenvalue weighted by Crippen LogP contribution is -2.22. The lowest BCUT2D eigenvalue weighted by molar-refractivity contribution is 0.100. The molecule has 10 heteroatoms. The third-order valence-electron chi connectivity index (χ3n) is 4.99. The zero-order chi connectivity index (χ0) is 24.1. The van der Waals surface area contributed by atoms with Gasteiger partial charge in [-0.1, -0.05) is 19.1 Å². The minimum Gasteiger partial charge on any atom is -0.453 e. The number of carbonyl (C=O) groups excluding carboxylic acids is 2. The molecule has 0 radical (unpaired) electrons. The average molecular weight is 476 g/mol. The molecule has 3 rings (SSSR count). The quantitative estimate of drug-likeness (QED) is 0.383. The summed E-state index contributed by atoms with van der Waals surface area (Å²) >= 11 is 0.991. The summed E-state index contributed by atoms with van der Waals surface area (Å²) in [4.78, 5) is 23.3. The maximum Gasteiger partial charge on any atom is 0.407 e. The number of primary amides is 1. The van der Waals surface area contributed by atoms with Crippen molar-refractivity contribution in [3.63, 3.8) is 0 Å². The molecule has 0 saturated heterocycles. The van der Waals surface area contributed by atoms with Gasteiger partial charge >= 0.3 is 6.09 Å². The number of nitrogens with two attached hydrogens (primary N) is 1. The predicted molar refractivity (Wildman–Crippen MR) is 123 cm³/mol. The first-order valence-electron chi connectivity index (χ1n) is 9.95. The Morgan fingerprint density at radius 2 is 1.79 bits per heavy atom. The molecule has 1 heterocycles. The number of rotatable bonds is 8. The molecular weight excluding hydrogens is 452 g/mol. The molecule has 5 N–H and O–H groups in total. The lowest BCUT2D eigenvalue weighted by atomic mass is 9.99. The van der Waals surface area contributed by atoms with E-state index in [1.165, 1.54) is 25.3 Å². The van der Waals surface area contributed by atoms with Crippen LogP contribution in [0.15, 0.2) is 42.5 Å². The van der Waals surface area contributed by atoms with Gasteiger partial charge in [-0.25, -0.2) is 13.6 Å². The Morgan fingerprint density at radius 3 is 2.33 bits per heavy atom. The topological polar surface area (TPSA) is 114 Å². The Kier molecular flexibility index (Phi) is 7.62. The first-order chi connectivity index (χ1) is 15.7. The van der Waals surface area contributed by atoms with Crippen molar-refractivity contribution in [3.05, 3.63) is 70.8 Å². The fraction of sp³-hybridized carbons (Fsp3) is 0.217. The predicted octanol–water partition coefficient (Wildman–Crippen LogP) is 4.49. The number of amides is 2. The molecule has 1 atom stereocenters. The van der Waals surface area contributed by atoms with E-state index in [0.717, 1.165) is 16.9 Å². The number of benzene rings is 2. The van der Waals surface area contributed by atoms with Crippen LogP contribution >= 0.6 is 11.3 Å². The van der Waals surface area contributed by atoms with Crippen LogP contribution in [0.25, 0.3) is 10.4 Å². The molecule has 0 fully saturated rings. The molecular formula is C23H23F2N3O4S. The Bertz CT molecular complexity index is 1140. The van der Waals surface area contributed by atoms with Crippen LogP contribution in [-0.4, -0.2) is 30.8 Å². The molecule has 1 unspecified atom stereocenters. The fourth-order valence-corrected chi connectivity index (χ4v) is 4.22. The van der Waals surface area contributed by atoms with Gasteiger partial charge in [0.1, 0.15) is 16.6 Å². The highest BCUT2D eigenvalue weighted by molar-refractivity contribution is 7.20. The molecule has 0 aliphatic carbocycles. The molecule has 33 heavy (non-hydrogen) atoms. The first-order valence-corrected chi connectivity index (χ1v) is 10.8. The number of halogens is 2. The van der Waals surface area contributed by atoms with Crippen molar-refractivity contribution in [1.29, 1.82) is 0 Å². The van der Waals surface area contributed by atoms with Gasteiger partial charge in [-0.3, -0.25) is 4.79 Å². The first kappa shape index (κ1) is 24.1. The molecule has 2 aromatic carbocycles. The van der Waals surface area contributed by atoms with Crippen LogP contribution in [0.1, 0.15) is 34.3 Å². The van der Waals surface area contributed by atoms with Gasteiger partial charge < -0.3 is 26.2 Å². The van der Waals surface area contributed by atoms with E-state index in [1.807, 2.05) is 0 Å². The molecule has 3 aromatic rings. The molecule has 1 aromatic heterocycles. The number of hydrogen-bond donors (Lipinski definition) is 4. The summed E-state index contributed by atoms with van der Waals surface area (Å²) in [5, 5.41) is 15.2. The number of ether oxygens (including phenoxy) is 1. The molecule has 0 bridgehead atoms. The van der Waals surface area contributed by atoms with Gasteiger partial charge in [0.15, 0.2) is 0 Å². The number of aliphatic hydroxyl groups excluding tert-OH is 1. The SMILES string of the molecule is COC(=O)NCc1ccc(Nc2sc(-c3c(F)cc(C(C)CO)cc3F)cc2C(N)=O)cc1. The number of nitrogens with one attached hydrogen (secondary N) is 2. The minimum absolute atomic E-state index is 0.0954. The van der Waals surface area contributed by atoms with Crippen molar-refractivity contribution in [3.8, 4) is 10.4 Å². The van der Waals surface area contributed by atoms with E-state index in [0.29, 0.717) is 16.3 Å². The normalized spacial score (nSPS) is 11.7. The molecule has 0 saturated carbocycles. The van der Waals surface area contributed by atoms with Gasteiger partial charge in [0.2, 0.25) is 0 Å². The van der Waals surface area contributed by atoms with Crippen LogP contribution in [0.4, 0.5) is 24.3 Å². The average Bonchev–Trinajstić information content (AvgIpc) is 3.20. The summed E-state index contributed by atoms with van der Waals surface area (Å²) in [6.45, 7) is 1.68. The van der Waals surface area contributed by atoms with Crippen molar-refractivity contribution in [2.75, 3.05) is 19.0 Å². The highest BCUT2D eigenvalue weighted by Crippen LogP contribution is 2.40. The van der Waals surface area contributed by atoms with E-state index in [2.05, 4.69) is 15.4 Å². The number of aliphatic hydroxyl groups is 1. The summed E-state index contributed by atoms with van der Waals surface area (Å²) in [5.74, 6) is -2.76. The maximum absolute atomic E-state index is 14.8. The summed E-state index contributed by atoms with van der Waals surface area (Å²) in [6, 6.07) is 10.7. The molecule has 7 nitrogen and oxygen atoms in total. The summed E-state index contributed by atoms with van der Waals surface area (Å²) in [5.41, 5.74) is 7.07. The Labute approximate surface area is 193 Å². The monoisotopic (exact) mass is 475 g/mol. The Balaban J connectivity index is 1.88. The van der Waals surface area contributed by atoms with Crippen LogP contribution in [0.2, 0.25) is 0 Å². The van der Waals surface area contributed by atoms with Crippen LogP contribution in [0.3, 0.4) is 0 Å². The summed E-state index contributed by atoms with van der Waals surface area (Å²) in [6.07, 6.45) is -0.548. The molecule has 0 aliphatic rings. The number of anilines is 2. The zero-order valence-corrected chi connectivity index (χ0v) is 18.8. The smallest absolute Gasteiger partial charge is 0.407 e. The maximum atomic E-state index is 14.8.